The quantitative estimate of drug-likeness (QED) is 0.733. The van der Waals surface area contributed by atoms with Gasteiger partial charge in [0.15, 0.2) is 0 Å². The molecule has 1 fully saturated rings. The first kappa shape index (κ1) is 12.7. The van der Waals surface area contributed by atoms with Crippen LogP contribution in [0.1, 0.15) is 25.7 Å². The Kier molecular flexibility index (Phi) is 5.33. The van der Waals surface area contributed by atoms with Crippen LogP contribution in [0.4, 0.5) is 0 Å². The number of carbonyl (C=O) groups is 1. The molecule has 0 aromatic carbocycles. The second-order valence-corrected chi connectivity index (χ2v) is 3.80. The van der Waals surface area contributed by atoms with E-state index < -0.39 is 0 Å². The van der Waals surface area contributed by atoms with Gasteiger partial charge in [-0.2, -0.15) is 0 Å². The zero-order valence-corrected chi connectivity index (χ0v) is 9.14. The molecule has 0 aromatic rings. The molecule has 0 bridgehead atoms. The van der Waals surface area contributed by atoms with Crippen molar-refractivity contribution < 1.29 is 4.79 Å². The van der Waals surface area contributed by atoms with Gasteiger partial charge in [-0.3, -0.25) is 4.79 Å². The van der Waals surface area contributed by atoms with Gasteiger partial charge in [0.25, 0.3) is 0 Å². The molecule has 1 saturated carbocycles. The number of carbonyl (C=O) groups excluding carboxylic acids is 1. The van der Waals surface area contributed by atoms with Crippen LogP contribution in [0.2, 0.25) is 0 Å². The lowest BCUT2D eigenvalue weighted by molar-refractivity contribution is -0.131. The first-order valence-electron chi connectivity index (χ1n) is 4.59. The molecule has 1 amide bonds. The molecule has 1 aliphatic rings. The van der Waals surface area contributed by atoms with Crippen LogP contribution in [0, 0.1) is 5.92 Å². The zero-order valence-electron chi connectivity index (χ0n) is 8.32. The lowest BCUT2D eigenvalue weighted by Gasteiger charge is -2.21. The minimum atomic E-state index is -0.262. The summed E-state index contributed by atoms with van der Waals surface area (Å²) in [5.41, 5.74) is 5.83. The first-order valence-corrected chi connectivity index (χ1v) is 4.59. The van der Waals surface area contributed by atoms with Crippen LogP contribution >= 0.6 is 12.4 Å². The molecule has 1 aliphatic carbocycles. The van der Waals surface area contributed by atoms with E-state index in [1.165, 1.54) is 12.8 Å². The highest BCUT2D eigenvalue weighted by atomic mass is 35.5. The summed E-state index contributed by atoms with van der Waals surface area (Å²) in [6, 6.07) is -0.262. The molecule has 1 atom stereocenters. The Balaban J connectivity index is 0.00000144. The summed E-state index contributed by atoms with van der Waals surface area (Å²) in [6.07, 6.45) is 4.72. The van der Waals surface area contributed by atoms with Gasteiger partial charge in [0.2, 0.25) is 5.91 Å². The number of nitrogens with zero attached hydrogens (tertiary/aromatic N) is 1. The third kappa shape index (κ3) is 3.16. The lowest BCUT2D eigenvalue weighted by atomic mass is 9.98. The van der Waals surface area contributed by atoms with E-state index in [4.69, 9.17) is 5.73 Å². The van der Waals surface area contributed by atoms with Gasteiger partial charge in [-0.05, 0) is 18.8 Å². The number of hydrogen-bond acceptors (Lipinski definition) is 2. The van der Waals surface area contributed by atoms with Crippen LogP contribution < -0.4 is 5.73 Å². The Morgan fingerprint density at radius 1 is 1.38 bits per heavy atom. The SMILES string of the molecule is CN(C)C(=O)C(N)C1CCCC1.Cl. The number of hydrogen-bond donors (Lipinski definition) is 1. The lowest BCUT2D eigenvalue weighted by Crippen LogP contribution is -2.44. The normalized spacial score (nSPS) is 19.3. The molecule has 1 rings (SSSR count). The van der Waals surface area contributed by atoms with E-state index in [1.54, 1.807) is 19.0 Å². The molecule has 0 aromatic heterocycles. The van der Waals surface area contributed by atoms with Gasteiger partial charge in [-0.15, -0.1) is 12.4 Å². The first-order chi connectivity index (χ1) is 5.63. The summed E-state index contributed by atoms with van der Waals surface area (Å²) in [7, 11) is 3.52. The highest BCUT2D eigenvalue weighted by Crippen LogP contribution is 2.27. The Bertz CT molecular complexity index is 167. The molecule has 4 heteroatoms. The molecular formula is C9H19ClN2O. The standard InChI is InChI=1S/C9H18N2O.ClH/c1-11(2)9(12)8(10)7-5-3-4-6-7;/h7-8H,3-6,10H2,1-2H3;1H. The van der Waals surface area contributed by atoms with Gasteiger partial charge >= 0.3 is 0 Å². The van der Waals surface area contributed by atoms with Crippen molar-refractivity contribution in [3.63, 3.8) is 0 Å². The second-order valence-electron chi connectivity index (χ2n) is 3.80. The van der Waals surface area contributed by atoms with Crippen LogP contribution in [0.15, 0.2) is 0 Å². The van der Waals surface area contributed by atoms with Crippen LogP contribution in [0.25, 0.3) is 0 Å². The molecule has 0 radical (unpaired) electrons. The summed E-state index contributed by atoms with van der Waals surface area (Å²) in [4.78, 5) is 13.0. The fourth-order valence-electron chi connectivity index (χ4n) is 1.82. The molecule has 0 spiro atoms. The molecule has 0 aliphatic heterocycles. The van der Waals surface area contributed by atoms with Crippen molar-refractivity contribution >= 4 is 18.3 Å². The Morgan fingerprint density at radius 2 is 1.85 bits per heavy atom. The Labute approximate surface area is 86.1 Å². The predicted octanol–water partition coefficient (Wildman–Crippen LogP) is 1.01. The number of amides is 1. The van der Waals surface area contributed by atoms with E-state index in [0.29, 0.717) is 5.92 Å². The van der Waals surface area contributed by atoms with Crippen molar-refractivity contribution in [1.82, 2.24) is 4.90 Å². The number of nitrogens with two attached hydrogens (primary N) is 1. The maximum atomic E-state index is 11.4. The highest BCUT2D eigenvalue weighted by molar-refractivity contribution is 5.85. The predicted molar refractivity (Wildman–Crippen MR) is 55.9 cm³/mol. The molecular weight excluding hydrogens is 188 g/mol. The Morgan fingerprint density at radius 3 is 2.23 bits per heavy atom. The number of rotatable bonds is 2. The summed E-state index contributed by atoms with van der Waals surface area (Å²) in [5.74, 6) is 0.502. The van der Waals surface area contributed by atoms with Crippen molar-refractivity contribution in [2.75, 3.05) is 14.1 Å². The molecule has 3 nitrogen and oxygen atoms in total. The smallest absolute Gasteiger partial charge is 0.239 e. The molecule has 1 unspecified atom stereocenters. The van der Waals surface area contributed by atoms with E-state index in [9.17, 15) is 4.79 Å². The van der Waals surface area contributed by atoms with Crippen LogP contribution in [-0.2, 0) is 4.79 Å². The van der Waals surface area contributed by atoms with Gasteiger partial charge in [0.1, 0.15) is 0 Å². The fourth-order valence-corrected chi connectivity index (χ4v) is 1.82. The van der Waals surface area contributed by atoms with Gasteiger partial charge in [-0.25, -0.2) is 0 Å². The number of halogens is 1. The van der Waals surface area contributed by atoms with Crippen molar-refractivity contribution in [3.05, 3.63) is 0 Å². The van der Waals surface area contributed by atoms with Gasteiger partial charge in [0.05, 0.1) is 6.04 Å². The van der Waals surface area contributed by atoms with Crippen molar-refractivity contribution in [3.8, 4) is 0 Å². The van der Waals surface area contributed by atoms with E-state index in [0.717, 1.165) is 12.8 Å². The maximum absolute atomic E-state index is 11.4. The number of likely N-dealkylation sites (N-methyl/N-ethyl adjacent to an activating group) is 1. The highest BCUT2D eigenvalue weighted by Gasteiger charge is 2.27. The van der Waals surface area contributed by atoms with Crippen LogP contribution in [0.5, 0.6) is 0 Å². The second kappa shape index (κ2) is 5.45. The maximum Gasteiger partial charge on any atom is 0.239 e. The van der Waals surface area contributed by atoms with E-state index in [1.807, 2.05) is 0 Å². The van der Waals surface area contributed by atoms with E-state index >= 15 is 0 Å². The summed E-state index contributed by atoms with van der Waals surface area (Å²) in [6.45, 7) is 0. The van der Waals surface area contributed by atoms with Crippen molar-refractivity contribution in [2.45, 2.75) is 31.7 Å². The average Bonchev–Trinajstić information content (AvgIpc) is 2.53. The average molecular weight is 207 g/mol. The molecule has 0 heterocycles. The van der Waals surface area contributed by atoms with E-state index in [-0.39, 0.29) is 24.4 Å². The molecule has 0 saturated heterocycles. The van der Waals surface area contributed by atoms with Gasteiger partial charge < -0.3 is 10.6 Å². The van der Waals surface area contributed by atoms with Crippen LogP contribution in [-0.4, -0.2) is 30.9 Å². The van der Waals surface area contributed by atoms with Crippen molar-refractivity contribution in [1.29, 1.82) is 0 Å². The third-order valence-electron chi connectivity index (χ3n) is 2.63. The summed E-state index contributed by atoms with van der Waals surface area (Å²) in [5, 5.41) is 0. The largest absolute Gasteiger partial charge is 0.347 e. The fraction of sp³-hybridized carbons (Fsp3) is 0.889. The Hall–Kier alpha value is -0.280. The van der Waals surface area contributed by atoms with Gasteiger partial charge in [-0.1, -0.05) is 12.8 Å². The molecule has 2 N–H and O–H groups in total. The third-order valence-corrected chi connectivity index (χ3v) is 2.63. The zero-order chi connectivity index (χ0) is 9.14. The summed E-state index contributed by atoms with van der Waals surface area (Å²) >= 11 is 0. The molecule has 13 heavy (non-hydrogen) atoms. The topological polar surface area (TPSA) is 46.3 Å². The minimum absolute atomic E-state index is 0. The van der Waals surface area contributed by atoms with E-state index in [2.05, 4.69) is 0 Å². The monoisotopic (exact) mass is 206 g/mol. The minimum Gasteiger partial charge on any atom is -0.347 e. The van der Waals surface area contributed by atoms with Crippen LogP contribution in [0.3, 0.4) is 0 Å². The molecule has 78 valence electrons. The van der Waals surface area contributed by atoms with Crippen molar-refractivity contribution in [2.24, 2.45) is 11.7 Å². The van der Waals surface area contributed by atoms with Gasteiger partial charge in [0, 0.05) is 14.1 Å². The summed E-state index contributed by atoms with van der Waals surface area (Å²) < 4.78 is 0.